The van der Waals surface area contributed by atoms with E-state index in [1.54, 1.807) is 25.1 Å². The molecule has 2 aromatic carbocycles. The molecule has 0 saturated heterocycles. The van der Waals surface area contributed by atoms with Gasteiger partial charge in [-0.05, 0) is 49.7 Å². The third-order valence-corrected chi connectivity index (χ3v) is 5.29. The Balaban J connectivity index is 1.75. The molecule has 1 unspecified atom stereocenters. The topological polar surface area (TPSA) is 65.6 Å². The summed E-state index contributed by atoms with van der Waals surface area (Å²) in [5.74, 6) is 0.226. The first-order valence-corrected chi connectivity index (χ1v) is 9.24. The number of carbonyl (C=O) groups is 2. The zero-order valence-corrected chi connectivity index (χ0v) is 16.4. The molecule has 0 bridgehead atoms. The van der Waals surface area contributed by atoms with Gasteiger partial charge in [0.15, 0.2) is 6.10 Å². The lowest BCUT2D eigenvalue weighted by atomic mass is 10.1. The van der Waals surface area contributed by atoms with Crippen LogP contribution in [0.25, 0.3) is 10.9 Å². The number of H-pyrrole nitrogens is 1. The molecule has 2 amide bonds. The molecule has 0 saturated carbocycles. The predicted octanol–water partition coefficient (Wildman–Crippen LogP) is 3.28. The van der Waals surface area contributed by atoms with Gasteiger partial charge in [-0.3, -0.25) is 9.59 Å². The first kappa shape index (κ1) is 18.1. The Morgan fingerprint density at radius 3 is 2.64 bits per heavy atom. The molecule has 1 aromatic heterocycles. The van der Waals surface area contributed by atoms with Crippen LogP contribution >= 0.6 is 0 Å². The van der Waals surface area contributed by atoms with Gasteiger partial charge < -0.3 is 19.5 Å². The first-order valence-electron chi connectivity index (χ1n) is 9.24. The Morgan fingerprint density at radius 1 is 1.14 bits per heavy atom. The van der Waals surface area contributed by atoms with E-state index >= 15 is 0 Å². The van der Waals surface area contributed by atoms with Crippen LogP contribution < -0.4 is 9.64 Å². The van der Waals surface area contributed by atoms with E-state index in [1.807, 2.05) is 50.2 Å². The maximum Gasteiger partial charge on any atom is 0.265 e. The Hall–Kier alpha value is -3.28. The summed E-state index contributed by atoms with van der Waals surface area (Å²) in [5.41, 5.74) is 4.50. The van der Waals surface area contributed by atoms with E-state index in [-0.39, 0.29) is 18.4 Å². The number of hydrogen-bond donors (Lipinski definition) is 1. The highest BCUT2D eigenvalue weighted by atomic mass is 16.5. The fourth-order valence-electron chi connectivity index (χ4n) is 3.59. The van der Waals surface area contributed by atoms with Crippen molar-refractivity contribution >= 4 is 28.4 Å². The summed E-state index contributed by atoms with van der Waals surface area (Å²) >= 11 is 0. The smallest absolute Gasteiger partial charge is 0.265 e. The van der Waals surface area contributed by atoms with Gasteiger partial charge in [-0.2, -0.15) is 0 Å². The van der Waals surface area contributed by atoms with Gasteiger partial charge in [-0.1, -0.05) is 12.1 Å². The number of aryl methyl sites for hydroxylation is 2. The SMILES string of the molecule is Cc1[nH]c2ccc(C(=O)N3CC(C(=O)N(C)C)Oc4ccccc43)cc2c1C. The van der Waals surface area contributed by atoms with Crippen molar-refractivity contribution in [2.24, 2.45) is 0 Å². The van der Waals surface area contributed by atoms with Crippen LogP contribution in [0.5, 0.6) is 5.75 Å². The number of para-hydroxylation sites is 2. The number of nitrogens with one attached hydrogen (secondary N) is 1. The molecule has 6 nitrogen and oxygen atoms in total. The molecule has 28 heavy (non-hydrogen) atoms. The van der Waals surface area contributed by atoms with Crippen LogP contribution in [-0.2, 0) is 4.79 Å². The molecule has 1 aliphatic rings. The lowest BCUT2D eigenvalue weighted by Crippen LogP contribution is -2.50. The van der Waals surface area contributed by atoms with E-state index in [9.17, 15) is 9.59 Å². The highest BCUT2D eigenvalue weighted by molar-refractivity contribution is 6.09. The van der Waals surface area contributed by atoms with Gasteiger partial charge in [-0.25, -0.2) is 0 Å². The van der Waals surface area contributed by atoms with E-state index in [2.05, 4.69) is 4.98 Å². The number of hydrogen-bond acceptors (Lipinski definition) is 3. The first-order chi connectivity index (χ1) is 13.4. The third-order valence-electron chi connectivity index (χ3n) is 5.29. The van der Waals surface area contributed by atoms with Crippen molar-refractivity contribution in [2.75, 3.05) is 25.5 Å². The molecule has 3 aromatic rings. The fourth-order valence-corrected chi connectivity index (χ4v) is 3.59. The second-order valence-corrected chi connectivity index (χ2v) is 7.36. The Morgan fingerprint density at radius 2 is 1.89 bits per heavy atom. The molecule has 1 atom stereocenters. The number of aromatic amines is 1. The number of nitrogens with zero attached hydrogens (tertiary/aromatic N) is 2. The van der Waals surface area contributed by atoms with Crippen LogP contribution in [-0.4, -0.2) is 48.4 Å². The molecular weight excluding hydrogens is 354 g/mol. The molecule has 0 spiro atoms. The van der Waals surface area contributed by atoms with Crippen LogP contribution in [0.15, 0.2) is 42.5 Å². The summed E-state index contributed by atoms with van der Waals surface area (Å²) in [5, 5.41) is 1.03. The number of aromatic nitrogens is 1. The number of amides is 2. The van der Waals surface area contributed by atoms with Crippen LogP contribution in [0.1, 0.15) is 21.6 Å². The van der Waals surface area contributed by atoms with Crippen molar-refractivity contribution in [3.05, 3.63) is 59.3 Å². The number of ether oxygens (including phenoxy) is 1. The average molecular weight is 377 g/mol. The van der Waals surface area contributed by atoms with Crippen LogP contribution in [0.4, 0.5) is 5.69 Å². The van der Waals surface area contributed by atoms with Gasteiger partial charge in [0.05, 0.1) is 12.2 Å². The maximum absolute atomic E-state index is 13.4. The van der Waals surface area contributed by atoms with Crippen molar-refractivity contribution in [1.82, 2.24) is 9.88 Å². The standard InChI is InChI=1S/C22H23N3O3/c1-13-14(2)23-17-10-9-15(11-16(13)17)21(26)25-12-20(22(27)24(3)4)28-19-8-6-5-7-18(19)25/h5-11,20,23H,12H2,1-4H3. The maximum atomic E-state index is 13.4. The molecule has 6 heteroatoms. The largest absolute Gasteiger partial charge is 0.476 e. The van der Waals surface area contributed by atoms with Gasteiger partial charge in [-0.15, -0.1) is 0 Å². The lowest BCUT2D eigenvalue weighted by Gasteiger charge is -2.35. The number of benzene rings is 2. The minimum atomic E-state index is -0.728. The van der Waals surface area contributed by atoms with Crippen molar-refractivity contribution in [2.45, 2.75) is 20.0 Å². The fraction of sp³-hybridized carbons (Fsp3) is 0.273. The highest BCUT2D eigenvalue weighted by Gasteiger charge is 2.35. The minimum absolute atomic E-state index is 0.146. The van der Waals surface area contributed by atoms with E-state index in [4.69, 9.17) is 4.74 Å². The number of carbonyl (C=O) groups excluding carboxylic acids is 2. The number of anilines is 1. The molecular formula is C22H23N3O3. The third kappa shape index (κ3) is 2.91. The lowest BCUT2D eigenvalue weighted by molar-refractivity contribution is -0.135. The Bertz CT molecular complexity index is 1080. The molecule has 0 radical (unpaired) electrons. The summed E-state index contributed by atoms with van der Waals surface area (Å²) in [4.78, 5) is 32.3. The molecule has 0 aliphatic carbocycles. The second kappa shape index (κ2) is 6.71. The predicted molar refractivity (Wildman–Crippen MR) is 109 cm³/mol. The minimum Gasteiger partial charge on any atom is -0.476 e. The van der Waals surface area contributed by atoms with Crippen molar-refractivity contribution in [1.29, 1.82) is 0 Å². The van der Waals surface area contributed by atoms with Gasteiger partial charge in [0, 0.05) is 36.3 Å². The van der Waals surface area contributed by atoms with Gasteiger partial charge in [0.1, 0.15) is 5.75 Å². The summed E-state index contributed by atoms with van der Waals surface area (Å²) in [6.45, 7) is 4.24. The zero-order chi connectivity index (χ0) is 20.0. The van der Waals surface area contributed by atoms with Crippen LogP contribution in [0.2, 0.25) is 0 Å². The summed E-state index contributed by atoms with van der Waals surface area (Å²) in [6.07, 6.45) is -0.728. The second-order valence-electron chi connectivity index (χ2n) is 7.36. The molecule has 1 N–H and O–H groups in total. The van der Waals surface area contributed by atoms with Crippen molar-refractivity contribution in [3.63, 3.8) is 0 Å². The highest BCUT2D eigenvalue weighted by Crippen LogP contribution is 2.35. The summed E-state index contributed by atoms with van der Waals surface area (Å²) in [6, 6.07) is 13.0. The molecule has 2 heterocycles. The van der Waals surface area contributed by atoms with E-state index in [0.29, 0.717) is 17.0 Å². The summed E-state index contributed by atoms with van der Waals surface area (Å²) in [7, 11) is 3.37. The molecule has 0 fully saturated rings. The number of likely N-dealkylation sites (N-methyl/N-ethyl adjacent to an activating group) is 1. The summed E-state index contributed by atoms with van der Waals surface area (Å²) < 4.78 is 5.87. The average Bonchev–Trinajstić information content (AvgIpc) is 2.99. The Kier molecular flexibility index (Phi) is 4.34. The van der Waals surface area contributed by atoms with E-state index < -0.39 is 6.10 Å². The normalized spacial score (nSPS) is 15.9. The van der Waals surface area contributed by atoms with Gasteiger partial charge >= 0.3 is 0 Å². The number of rotatable bonds is 2. The van der Waals surface area contributed by atoms with Crippen LogP contribution in [0, 0.1) is 13.8 Å². The van der Waals surface area contributed by atoms with E-state index in [0.717, 1.165) is 22.2 Å². The molecule has 1 aliphatic heterocycles. The molecule has 144 valence electrons. The van der Waals surface area contributed by atoms with Crippen LogP contribution in [0.3, 0.4) is 0 Å². The van der Waals surface area contributed by atoms with Gasteiger partial charge in [0.2, 0.25) is 0 Å². The van der Waals surface area contributed by atoms with Crippen molar-refractivity contribution < 1.29 is 14.3 Å². The number of fused-ring (bicyclic) bond motifs is 2. The monoisotopic (exact) mass is 377 g/mol. The zero-order valence-electron chi connectivity index (χ0n) is 16.4. The Labute approximate surface area is 163 Å². The molecule has 4 rings (SSSR count). The van der Waals surface area contributed by atoms with Gasteiger partial charge in [0.25, 0.3) is 11.8 Å². The quantitative estimate of drug-likeness (QED) is 0.745. The van der Waals surface area contributed by atoms with E-state index in [1.165, 1.54) is 4.90 Å². The van der Waals surface area contributed by atoms with Crippen molar-refractivity contribution in [3.8, 4) is 5.75 Å².